The van der Waals surface area contributed by atoms with Crippen molar-refractivity contribution in [1.29, 1.82) is 0 Å². The largest absolute Gasteiger partial charge is 0.493 e. The lowest BCUT2D eigenvalue weighted by atomic mass is 10.1. The van der Waals surface area contributed by atoms with Crippen LogP contribution in [0.15, 0.2) is 18.2 Å². The van der Waals surface area contributed by atoms with Gasteiger partial charge in [0.15, 0.2) is 11.5 Å². The van der Waals surface area contributed by atoms with Crippen LogP contribution in [0, 0.1) is 5.41 Å². The summed E-state index contributed by atoms with van der Waals surface area (Å²) in [6, 6.07) is 5.46. The summed E-state index contributed by atoms with van der Waals surface area (Å²) >= 11 is 0. The number of carboxylic acids is 1. The topological polar surface area (TPSA) is 72.8 Å². The predicted molar refractivity (Wildman–Crippen MR) is 80.2 cm³/mol. The normalized spacial score (nSPS) is 17.0. The molecule has 0 saturated heterocycles. The fraction of sp³-hybridized carbons (Fsp3) is 0.533. The van der Waals surface area contributed by atoms with Gasteiger partial charge in [0.25, 0.3) is 0 Å². The summed E-state index contributed by atoms with van der Waals surface area (Å²) in [4.78, 5) is 10.8. The molecule has 6 heteroatoms. The summed E-state index contributed by atoms with van der Waals surface area (Å²) in [7, 11) is 2.06. The zero-order valence-electron chi connectivity index (χ0n) is 12.3. The number of methoxy groups -OCH3 is 2. The fourth-order valence-corrected chi connectivity index (χ4v) is 4.15. The Balaban J connectivity index is 1.98. The molecule has 0 amide bonds. The second kappa shape index (κ2) is 6.47. The molecule has 1 N–H and O–H groups in total. The number of benzene rings is 1. The monoisotopic (exact) mass is 312 g/mol. The molecule has 0 spiro atoms. The standard InChI is InChI=1S/C15H20O5S/c1-19-12-4-3-11(7-13(12)20-2)9-21(18)10-15(5-6-15)8-14(16)17/h3-4,7H,5-6,8-10H2,1-2H3,(H,16,17). The smallest absolute Gasteiger partial charge is 0.303 e. The molecular weight excluding hydrogens is 292 g/mol. The molecular formula is C15H20O5S. The maximum Gasteiger partial charge on any atom is 0.303 e. The first-order chi connectivity index (χ1) is 9.98. The minimum Gasteiger partial charge on any atom is -0.493 e. The molecule has 0 bridgehead atoms. The Morgan fingerprint density at radius 3 is 2.48 bits per heavy atom. The fourth-order valence-electron chi connectivity index (χ4n) is 2.42. The van der Waals surface area contributed by atoms with Crippen molar-refractivity contribution in [1.82, 2.24) is 0 Å². The number of hydrogen-bond acceptors (Lipinski definition) is 4. The van der Waals surface area contributed by atoms with Crippen LogP contribution in [-0.4, -0.2) is 35.3 Å². The minimum atomic E-state index is -1.07. The average Bonchev–Trinajstić information content (AvgIpc) is 3.16. The Hall–Kier alpha value is -1.56. The first kappa shape index (κ1) is 15.8. The summed E-state index contributed by atoms with van der Waals surface area (Å²) in [5.41, 5.74) is 0.657. The van der Waals surface area contributed by atoms with E-state index in [9.17, 15) is 9.00 Å². The summed E-state index contributed by atoms with van der Waals surface area (Å²) in [6.45, 7) is 0. The van der Waals surface area contributed by atoms with Crippen molar-refractivity contribution in [2.24, 2.45) is 5.41 Å². The van der Waals surface area contributed by atoms with E-state index in [0.29, 0.717) is 23.0 Å². The number of carboxylic acid groups (broad SMARTS) is 1. The van der Waals surface area contributed by atoms with Gasteiger partial charge in [-0.3, -0.25) is 9.00 Å². The first-order valence-corrected chi connectivity index (χ1v) is 8.24. The van der Waals surface area contributed by atoms with Gasteiger partial charge >= 0.3 is 5.97 Å². The van der Waals surface area contributed by atoms with Gasteiger partial charge in [-0.05, 0) is 36.0 Å². The van der Waals surface area contributed by atoms with Crippen LogP contribution in [0.2, 0.25) is 0 Å². The summed E-state index contributed by atoms with van der Waals surface area (Å²) < 4.78 is 22.6. The lowest BCUT2D eigenvalue weighted by Crippen LogP contribution is -2.17. The van der Waals surface area contributed by atoms with E-state index in [4.69, 9.17) is 14.6 Å². The predicted octanol–water partition coefficient (Wildman–Crippen LogP) is 2.21. The van der Waals surface area contributed by atoms with Gasteiger partial charge in [0.1, 0.15) is 0 Å². The van der Waals surface area contributed by atoms with Crippen molar-refractivity contribution in [3.05, 3.63) is 23.8 Å². The number of ether oxygens (including phenoxy) is 2. The van der Waals surface area contributed by atoms with E-state index in [-0.39, 0.29) is 11.8 Å². The van der Waals surface area contributed by atoms with E-state index < -0.39 is 16.8 Å². The van der Waals surface area contributed by atoms with E-state index in [0.717, 1.165) is 18.4 Å². The van der Waals surface area contributed by atoms with Gasteiger partial charge in [0.2, 0.25) is 0 Å². The lowest BCUT2D eigenvalue weighted by Gasteiger charge is -2.13. The Labute approximate surface area is 126 Å². The highest BCUT2D eigenvalue weighted by Gasteiger charge is 2.45. The maximum absolute atomic E-state index is 12.2. The van der Waals surface area contributed by atoms with E-state index >= 15 is 0 Å². The van der Waals surface area contributed by atoms with Crippen molar-refractivity contribution >= 4 is 16.8 Å². The minimum absolute atomic E-state index is 0.116. The molecule has 2 rings (SSSR count). The van der Waals surface area contributed by atoms with Crippen LogP contribution >= 0.6 is 0 Å². The van der Waals surface area contributed by atoms with Gasteiger partial charge in [0.05, 0.1) is 20.6 Å². The zero-order chi connectivity index (χ0) is 15.5. The molecule has 1 aromatic rings. The molecule has 0 aliphatic heterocycles. The van der Waals surface area contributed by atoms with E-state index in [2.05, 4.69) is 0 Å². The van der Waals surface area contributed by atoms with Crippen LogP contribution in [0.5, 0.6) is 11.5 Å². The number of carbonyl (C=O) groups is 1. The molecule has 0 heterocycles. The summed E-state index contributed by atoms with van der Waals surface area (Å²) in [5.74, 6) is 1.29. The van der Waals surface area contributed by atoms with Crippen molar-refractivity contribution in [2.75, 3.05) is 20.0 Å². The van der Waals surface area contributed by atoms with Gasteiger partial charge in [-0.2, -0.15) is 0 Å². The van der Waals surface area contributed by atoms with E-state index in [1.54, 1.807) is 20.3 Å². The van der Waals surface area contributed by atoms with Crippen molar-refractivity contribution in [3.8, 4) is 11.5 Å². The second-order valence-electron chi connectivity index (χ2n) is 5.49. The number of rotatable bonds is 8. The quantitative estimate of drug-likeness (QED) is 0.796. The number of hydrogen-bond donors (Lipinski definition) is 1. The molecule has 1 aromatic carbocycles. The van der Waals surface area contributed by atoms with Gasteiger partial charge in [-0.15, -0.1) is 0 Å². The van der Waals surface area contributed by atoms with Crippen LogP contribution in [0.3, 0.4) is 0 Å². The molecule has 1 saturated carbocycles. The van der Waals surface area contributed by atoms with Crippen LogP contribution in [0.4, 0.5) is 0 Å². The van der Waals surface area contributed by atoms with Crippen molar-refractivity contribution in [2.45, 2.75) is 25.0 Å². The van der Waals surface area contributed by atoms with E-state index in [1.807, 2.05) is 12.1 Å². The molecule has 1 fully saturated rings. The third kappa shape index (κ3) is 4.20. The molecule has 0 radical (unpaired) electrons. The Morgan fingerprint density at radius 1 is 1.29 bits per heavy atom. The number of aliphatic carboxylic acids is 1. The third-order valence-electron chi connectivity index (χ3n) is 3.73. The Morgan fingerprint density at radius 2 is 1.95 bits per heavy atom. The molecule has 1 atom stereocenters. The second-order valence-corrected chi connectivity index (χ2v) is 6.95. The molecule has 0 aromatic heterocycles. The zero-order valence-corrected chi connectivity index (χ0v) is 13.1. The van der Waals surface area contributed by atoms with Gasteiger partial charge in [0, 0.05) is 22.3 Å². The van der Waals surface area contributed by atoms with Crippen LogP contribution in [0.1, 0.15) is 24.8 Å². The third-order valence-corrected chi connectivity index (χ3v) is 5.32. The van der Waals surface area contributed by atoms with Crippen molar-refractivity contribution in [3.63, 3.8) is 0 Å². The molecule has 1 unspecified atom stereocenters. The molecule has 116 valence electrons. The van der Waals surface area contributed by atoms with Crippen molar-refractivity contribution < 1.29 is 23.6 Å². The van der Waals surface area contributed by atoms with Crippen LogP contribution in [-0.2, 0) is 21.3 Å². The molecule has 5 nitrogen and oxygen atoms in total. The van der Waals surface area contributed by atoms with Gasteiger partial charge < -0.3 is 14.6 Å². The Kier molecular flexibility index (Phi) is 4.88. The molecule has 1 aliphatic rings. The average molecular weight is 312 g/mol. The summed E-state index contributed by atoms with van der Waals surface area (Å²) in [5, 5.41) is 8.89. The van der Waals surface area contributed by atoms with Gasteiger partial charge in [-0.1, -0.05) is 6.07 Å². The Bertz CT molecular complexity index is 551. The maximum atomic E-state index is 12.2. The SMILES string of the molecule is COc1ccc(CS(=O)CC2(CC(=O)O)CC2)cc1OC. The highest BCUT2D eigenvalue weighted by atomic mass is 32.2. The highest BCUT2D eigenvalue weighted by molar-refractivity contribution is 7.84. The van der Waals surface area contributed by atoms with E-state index in [1.165, 1.54) is 0 Å². The lowest BCUT2D eigenvalue weighted by molar-refractivity contribution is -0.138. The molecule has 21 heavy (non-hydrogen) atoms. The molecule has 1 aliphatic carbocycles. The van der Waals surface area contributed by atoms with Crippen LogP contribution < -0.4 is 9.47 Å². The summed E-state index contributed by atoms with van der Waals surface area (Å²) in [6.07, 6.45) is 1.83. The van der Waals surface area contributed by atoms with Crippen LogP contribution in [0.25, 0.3) is 0 Å². The highest BCUT2D eigenvalue weighted by Crippen LogP contribution is 2.49. The first-order valence-electron chi connectivity index (χ1n) is 6.76. The van der Waals surface area contributed by atoms with Gasteiger partial charge in [-0.25, -0.2) is 0 Å².